The minimum Gasteiger partial charge on any atom is -0.423 e. The Bertz CT molecular complexity index is 1630. The molecule has 0 fully saturated rings. The predicted octanol–water partition coefficient (Wildman–Crippen LogP) is 4.87. The van der Waals surface area contributed by atoms with E-state index < -0.39 is 27.7 Å². The molecule has 9 heteroatoms. The summed E-state index contributed by atoms with van der Waals surface area (Å²) in [4.78, 5) is 25.7. The highest BCUT2D eigenvalue weighted by atomic mass is 35.5. The second-order valence-electron chi connectivity index (χ2n) is 8.68. The van der Waals surface area contributed by atoms with Crippen molar-refractivity contribution in [3.63, 3.8) is 0 Å². The lowest BCUT2D eigenvalue weighted by Gasteiger charge is -2.19. The van der Waals surface area contributed by atoms with Crippen LogP contribution in [-0.2, 0) is 27.7 Å². The molecule has 1 heterocycles. The second kappa shape index (κ2) is 9.54. The van der Waals surface area contributed by atoms with E-state index in [-0.39, 0.29) is 21.3 Å². The Labute approximate surface area is 212 Å². The highest BCUT2D eigenvalue weighted by molar-refractivity contribution is 7.89. The number of ether oxygens (including phenoxy) is 1. The van der Waals surface area contributed by atoms with Crippen molar-refractivity contribution in [2.75, 3.05) is 0 Å². The van der Waals surface area contributed by atoms with E-state index >= 15 is 0 Å². The van der Waals surface area contributed by atoms with E-state index in [1.54, 1.807) is 48.5 Å². The highest BCUT2D eigenvalue weighted by Gasteiger charge is 2.30. The average molecular weight is 524 g/mol. The first kappa shape index (κ1) is 24.2. The molecule has 4 aromatic rings. The third-order valence-electron chi connectivity index (χ3n) is 6.21. The molecule has 0 radical (unpaired) electrons. The quantitative estimate of drug-likeness (QED) is 0.220. The minimum atomic E-state index is -4.06. The van der Waals surface area contributed by atoms with E-state index in [4.69, 9.17) is 20.8 Å². The van der Waals surface area contributed by atoms with E-state index in [0.29, 0.717) is 22.9 Å². The summed E-state index contributed by atoms with van der Waals surface area (Å²) >= 11 is 6.45. The Morgan fingerprint density at radius 3 is 2.44 bits per heavy atom. The SMILES string of the molecule is Cc1ccc(S(=O)(=O)NC(C(=O)Oc2cc3oc(=O)c4c(c3cc2Cl)CCC4)c2ccccc2)cc1. The third-order valence-corrected chi connectivity index (χ3v) is 7.94. The zero-order chi connectivity index (χ0) is 25.4. The summed E-state index contributed by atoms with van der Waals surface area (Å²) in [6.07, 6.45) is 2.25. The third kappa shape index (κ3) is 4.67. The molecule has 1 aliphatic rings. The standard InChI is InChI=1S/C27H22ClNO6S/c1-16-10-12-18(13-11-16)36(32,33)29-25(17-6-3-2-4-7-17)27(31)35-24-15-23-21(14-22(24)28)19-8-5-9-20(19)26(30)34-23/h2-4,6-7,10-15,25,29H,5,8-9H2,1H3. The number of hydrogen-bond donors (Lipinski definition) is 1. The van der Waals surface area contributed by atoms with Crippen LogP contribution >= 0.6 is 11.6 Å². The fourth-order valence-corrected chi connectivity index (χ4v) is 5.74. The van der Waals surface area contributed by atoms with Gasteiger partial charge in [-0.15, -0.1) is 0 Å². The van der Waals surface area contributed by atoms with Crippen LogP contribution in [0.25, 0.3) is 11.0 Å². The van der Waals surface area contributed by atoms with Gasteiger partial charge in [-0.25, -0.2) is 18.0 Å². The van der Waals surface area contributed by atoms with Crippen molar-refractivity contribution in [3.8, 4) is 5.75 Å². The molecule has 1 atom stereocenters. The van der Waals surface area contributed by atoms with Gasteiger partial charge in [-0.2, -0.15) is 4.72 Å². The number of esters is 1. The zero-order valence-electron chi connectivity index (χ0n) is 19.3. The van der Waals surface area contributed by atoms with Crippen molar-refractivity contribution in [1.82, 2.24) is 4.72 Å². The molecule has 7 nitrogen and oxygen atoms in total. The van der Waals surface area contributed by atoms with Crippen LogP contribution in [0.3, 0.4) is 0 Å². The summed E-state index contributed by atoms with van der Waals surface area (Å²) in [6, 6.07) is 16.3. The smallest absolute Gasteiger partial charge is 0.339 e. The molecule has 0 saturated heterocycles. The van der Waals surface area contributed by atoms with Gasteiger partial charge < -0.3 is 9.15 Å². The number of carbonyl (C=O) groups excluding carboxylic acids is 1. The zero-order valence-corrected chi connectivity index (χ0v) is 20.9. The van der Waals surface area contributed by atoms with Gasteiger partial charge in [0, 0.05) is 17.0 Å². The fraction of sp³-hybridized carbons (Fsp3) is 0.185. The normalized spacial score (nSPS) is 13.9. The van der Waals surface area contributed by atoms with E-state index in [1.165, 1.54) is 18.2 Å². The molecule has 184 valence electrons. The van der Waals surface area contributed by atoms with Gasteiger partial charge in [0.25, 0.3) is 0 Å². The molecule has 0 spiro atoms. The van der Waals surface area contributed by atoms with Crippen LogP contribution in [0.5, 0.6) is 5.75 Å². The molecule has 0 amide bonds. The van der Waals surface area contributed by atoms with Gasteiger partial charge in [-0.3, -0.25) is 0 Å². The number of rotatable bonds is 6. The Hall–Kier alpha value is -3.46. The molecule has 5 rings (SSSR count). The highest BCUT2D eigenvalue weighted by Crippen LogP contribution is 2.35. The van der Waals surface area contributed by atoms with E-state index in [1.807, 2.05) is 6.92 Å². The van der Waals surface area contributed by atoms with Gasteiger partial charge in [-0.1, -0.05) is 59.6 Å². The number of hydrogen-bond acceptors (Lipinski definition) is 6. The van der Waals surface area contributed by atoms with Gasteiger partial charge in [0.15, 0.2) is 5.75 Å². The van der Waals surface area contributed by atoms with Gasteiger partial charge >= 0.3 is 11.6 Å². The number of carbonyl (C=O) groups is 1. The lowest BCUT2D eigenvalue weighted by molar-refractivity contribution is -0.136. The van der Waals surface area contributed by atoms with Crippen LogP contribution in [-0.4, -0.2) is 14.4 Å². The van der Waals surface area contributed by atoms with E-state index in [2.05, 4.69) is 4.72 Å². The molecule has 1 aliphatic carbocycles. The molecule has 3 aromatic carbocycles. The minimum absolute atomic E-state index is 0.0150. The van der Waals surface area contributed by atoms with Crippen molar-refractivity contribution in [2.45, 2.75) is 37.1 Å². The van der Waals surface area contributed by atoms with Crippen LogP contribution in [0.15, 0.2) is 80.8 Å². The lowest BCUT2D eigenvalue weighted by atomic mass is 10.1. The molecule has 1 aromatic heterocycles. The molecule has 1 N–H and O–H groups in total. The largest absolute Gasteiger partial charge is 0.423 e. The number of halogens is 1. The summed E-state index contributed by atoms with van der Waals surface area (Å²) < 4.78 is 39.6. The van der Waals surface area contributed by atoms with Crippen LogP contribution in [0.2, 0.25) is 5.02 Å². The fourth-order valence-electron chi connectivity index (χ4n) is 4.37. The second-order valence-corrected chi connectivity index (χ2v) is 10.8. The van der Waals surface area contributed by atoms with Gasteiger partial charge in [-0.05, 0) is 55.5 Å². The number of aryl methyl sites for hydroxylation is 2. The Morgan fingerprint density at radius 1 is 1.03 bits per heavy atom. The van der Waals surface area contributed by atoms with Crippen LogP contribution in [0.1, 0.15) is 34.7 Å². The first-order chi connectivity index (χ1) is 17.2. The van der Waals surface area contributed by atoms with Crippen LogP contribution in [0, 0.1) is 6.92 Å². The number of fused-ring (bicyclic) bond motifs is 3. The summed E-state index contributed by atoms with van der Waals surface area (Å²) in [6.45, 7) is 1.84. The van der Waals surface area contributed by atoms with Crippen molar-refractivity contribution < 1.29 is 22.4 Å². The van der Waals surface area contributed by atoms with E-state index in [9.17, 15) is 18.0 Å². The van der Waals surface area contributed by atoms with Crippen LogP contribution in [0.4, 0.5) is 0 Å². The van der Waals surface area contributed by atoms with Gasteiger partial charge in [0.1, 0.15) is 11.6 Å². The topological polar surface area (TPSA) is 103 Å². The maximum Gasteiger partial charge on any atom is 0.339 e. The first-order valence-electron chi connectivity index (χ1n) is 11.4. The Morgan fingerprint density at radius 2 is 1.72 bits per heavy atom. The summed E-state index contributed by atoms with van der Waals surface area (Å²) in [5, 5.41) is 0.846. The number of nitrogens with one attached hydrogen (secondary N) is 1. The molecular formula is C27H22ClNO6S. The number of sulfonamides is 1. The first-order valence-corrected chi connectivity index (χ1v) is 13.2. The van der Waals surface area contributed by atoms with Crippen molar-refractivity contribution in [2.24, 2.45) is 0 Å². The summed E-state index contributed by atoms with van der Waals surface area (Å²) in [5.74, 6) is -0.924. The lowest BCUT2D eigenvalue weighted by Crippen LogP contribution is -2.36. The van der Waals surface area contributed by atoms with Crippen molar-refractivity contribution in [3.05, 3.63) is 104 Å². The van der Waals surface area contributed by atoms with Crippen LogP contribution < -0.4 is 15.1 Å². The molecule has 1 unspecified atom stereocenters. The van der Waals surface area contributed by atoms with Gasteiger partial charge in [0.2, 0.25) is 10.0 Å². The maximum absolute atomic E-state index is 13.3. The molecule has 0 aliphatic heterocycles. The number of benzene rings is 3. The Kier molecular flexibility index (Phi) is 6.42. The monoisotopic (exact) mass is 523 g/mol. The summed E-state index contributed by atoms with van der Waals surface area (Å²) in [7, 11) is -4.06. The average Bonchev–Trinajstić information content (AvgIpc) is 3.36. The van der Waals surface area contributed by atoms with Crippen molar-refractivity contribution in [1.29, 1.82) is 0 Å². The van der Waals surface area contributed by atoms with Crippen molar-refractivity contribution >= 4 is 38.6 Å². The molecule has 0 saturated carbocycles. The molecule has 36 heavy (non-hydrogen) atoms. The Balaban J connectivity index is 1.50. The predicted molar refractivity (Wildman–Crippen MR) is 136 cm³/mol. The summed E-state index contributed by atoms with van der Waals surface area (Å²) in [5.41, 5.74) is 2.68. The van der Waals surface area contributed by atoms with E-state index in [0.717, 1.165) is 24.0 Å². The molecular weight excluding hydrogens is 502 g/mol. The molecule has 0 bridgehead atoms. The van der Waals surface area contributed by atoms with Gasteiger partial charge in [0.05, 0.1) is 9.92 Å². The maximum atomic E-state index is 13.3.